The molecule has 0 amide bonds. The Balaban J connectivity index is 4.13. The van der Waals surface area contributed by atoms with E-state index in [0.29, 0.717) is 0 Å². The van der Waals surface area contributed by atoms with Crippen molar-refractivity contribution >= 4 is 5.97 Å². The summed E-state index contributed by atoms with van der Waals surface area (Å²) in [6.07, 6.45) is -10.3. The van der Waals surface area contributed by atoms with Gasteiger partial charge in [-0.3, -0.25) is 4.39 Å². The van der Waals surface area contributed by atoms with E-state index in [1.54, 1.807) is 0 Å². The molecule has 18 heavy (non-hydrogen) atoms. The zero-order valence-electron chi connectivity index (χ0n) is 9.63. The third-order valence-electron chi connectivity index (χ3n) is 2.16. The van der Waals surface area contributed by atoms with Crippen LogP contribution in [-0.2, 0) is 9.53 Å². The number of rotatable bonds is 9. The molecule has 0 fully saturated rings. The molecular formula is C11H15F5O2. The Morgan fingerprint density at radius 2 is 1.72 bits per heavy atom. The molecule has 0 aromatic carbocycles. The van der Waals surface area contributed by atoms with Gasteiger partial charge in [0.1, 0.15) is 12.8 Å². The highest BCUT2D eigenvalue weighted by Gasteiger charge is 2.36. The lowest BCUT2D eigenvalue weighted by atomic mass is 10.0. The average Bonchev–Trinajstić information content (AvgIpc) is 2.39. The lowest BCUT2D eigenvalue weighted by molar-refractivity contribution is -0.140. The van der Waals surface area contributed by atoms with Gasteiger partial charge >= 0.3 is 5.97 Å². The molecule has 0 heterocycles. The lowest BCUT2D eigenvalue weighted by Gasteiger charge is -2.20. The van der Waals surface area contributed by atoms with E-state index in [2.05, 4.69) is 11.3 Å². The summed E-state index contributed by atoms with van der Waals surface area (Å²) in [5, 5.41) is 0. The minimum atomic E-state index is -2.77. The van der Waals surface area contributed by atoms with E-state index in [4.69, 9.17) is 0 Å². The number of hydrogen-bond acceptors (Lipinski definition) is 2. The fourth-order valence-electron chi connectivity index (χ4n) is 1.14. The lowest BCUT2D eigenvalue weighted by Crippen LogP contribution is -2.37. The molecule has 0 saturated carbocycles. The number of hydrogen-bond donors (Lipinski definition) is 0. The third kappa shape index (κ3) is 5.97. The first-order valence-electron chi connectivity index (χ1n) is 5.35. The Kier molecular flexibility index (Phi) is 8.32. The number of carbonyl (C=O) groups is 1. The minimum Gasteiger partial charge on any atom is -0.459 e. The van der Waals surface area contributed by atoms with Crippen LogP contribution in [0.4, 0.5) is 22.0 Å². The Bertz CT molecular complexity index is 262. The van der Waals surface area contributed by atoms with Gasteiger partial charge in [-0.05, 0) is 12.8 Å². The molecule has 106 valence electrons. The van der Waals surface area contributed by atoms with Gasteiger partial charge in [-0.15, -0.1) is 0 Å². The predicted octanol–water partition coefficient (Wildman–Crippen LogP) is 2.82. The maximum atomic E-state index is 13.1. The summed E-state index contributed by atoms with van der Waals surface area (Å²) in [6, 6.07) is 0. The highest BCUT2D eigenvalue weighted by atomic mass is 19.2. The maximum absolute atomic E-state index is 13.1. The Morgan fingerprint density at radius 1 is 1.17 bits per heavy atom. The molecule has 0 aromatic heterocycles. The fourth-order valence-corrected chi connectivity index (χ4v) is 1.14. The molecule has 0 rings (SSSR count). The van der Waals surface area contributed by atoms with Crippen molar-refractivity contribution in [2.45, 2.75) is 37.5 Å². The highest BCUT2D eigenvalue weighted by molar-refractivity contribution is 5.81. The molecule has 0 aliphatic rings. The fraction of sp³-hybridized carbons (Fsp3) is 0.727. The molecule has 0 bridgehead atoms. The van der Waals surface area contributed by atoms with Gasteiger partial charge in [-0.1, -0.05) is 6.58 Å². The molecule has 0 aliphatic heterocycles. The van der Waals surface area contributed by atoms with Crippen molar-refractivity contribution in [3.63, 3.8) is 0 Å². The SMILES string of the molecule is C=CC(=O)OCC(F)C(F)C(F)C(F)CCCF. The summed E-state index contributed by atoms with van der Waals surface area (Å²) in [7, 11) is 0. The summed E-state index contributed by atoms with van der Waals surface area (Å²) < 4.78 is 68.1. The van der Waals surface area contributed by atoms with Crippen molar-refractivity contribution in [1.82, 2.24) is 0 Å². The second kappa shape index (κ2) is 8.88. The molecule has 0 radical (unpaired) electrons. The zero-order chi connectivity index (χ0) is 14.1. The van der Waals surface area contributed by atoms with Crippen LogP contribution < -0.4 is 0 Å². The van der Waals surface area contributed by atoms with Crippen LogP contribution in [-0.4, -0.2) is 43.9 Å². The molecule has 4 atom stereocenters. The average molecular weight is 274 g/mol. The molecule has 0 spiro atoms. The number of esters is 1. The topological polar surface area (TPSA) is 26.3 Å². The van der Waals surface area contributed by atoms with Crippen LogP contribution in [0.1, 0.15) is 12.8 Å². The van der Waals surface area contributed by atoms with E-state index in [1.165, 1.54) is 0 Å². The van der Waals surface area contributed by atoms with Crippen LogP contribution in [0, 0.1) is 0 Å². The molecule has 0 N–H and O–H groups in total. The summed E-state index contributed by atoms with van der Waals surface area (Å²) >= 11 is 0. The molecule has 0 aliphatic carbocycles. The van der Waals surface area contributed by atoms with E-state index in [-0.39, 0.29) is 6.42 Å². The Morgan fingerprint density at radius 3 is 2.22 bits per heavy atom. The first-order chi connectivity index (χ1) is 8.43. The van der Waals surface area contributed by atoms with Gasteiger partial charge in [-0.25, -0.2) is 22.4 Å². The Hall–Kier alpha value is -1.14. The van der Waals surface area contributed by atoms with Crippen molar-refractivity contribution in [3.05, 3.63) is 12.7 Å². The number of halogens is 5. The molecular weight excluding hydrogens is 259 g/mol. The highest BCUT2D eigenvalue weighted by Crippen LogP contribution is 2.21. The standard InChI is InChI=1S/C11H15F5O2/c1-2-9(17)18-6-8(14)11(16)10(15)7(13)4-3-5-12/h2,7-8,10-11H,1,3-6H2. The molecule has 4 unspecified atom stereocenters. The van der Waals surface area contributed by atoms with Crippen LogP contribution in [0.5, 0.6) is 0 Å². The van der Waals surface area contributed by atoms with Crippen molar-refractivity contribution < 1.29 is 31.5 Å². The van der Waals surface area contributed by atoms with E-state index in [0.717, 1.165) is 6.08 Å². The first kappa shape index (κ1) is 16.9. The van der Waals surface area contributed by atoms with Crippen molar-refractivity contribution in [3.8, 4) is 0 Å². The van der Waals surface area contributed by atoms with E-state index < -0.39 is 50.4 Å². The van der Waals surface area contributed by atoms with Crippen LogP contribution >= 0.6 is 0 Å². The van der Waals surface area contributed by atoms with Crippen molar-refractivity contribution in [2.24, 2.45) is 0 Å². The second-order valence-electron chi connectivity index (χ2n) is 3.59. The summed E-state index contributed by atoms with van der Waals surface area (Å²) in [4.78, 5) is 10.5. The van der Waals surface area contributed by atoms with Crippen LogP contribution in [0.25, 0.3) is 0 Å². The molecule has 2 nitrogen and oxygen atoms in total. The number of ether oxygens (including phenoxy) is 1. The number of alkyl halides is 5. The van der Waals surface area contributed by atoms with Crippen LogP contribution in [0.3, 0.4) is 0 Å². The normalized spacial score (nSPS) is 17.6. The van der Waals surface area contributed by atoms with Crippen molar-refractivity contribution in [2.75, 3.05) is 13.3 Å². The smallest absolute Gasteiger partial charge is 0.330 e. The maximum Gasteiger partial charge on any atom is 0.330 e. The summed E-state index contributed by atoms with van der Waals surface area (Å²) in [6.45, 7) is 1.13. The summed E-state index contributed by atoms with van der Waals surface area (Å²) in [5.74, 6) is -0.991. The minimum absolute atomic E-state index is 0.267. The zero-order valence-corrected chi connectivity index (χ0v) is 9.63. The van der Waals surface area contributed by atoms with Gasteiger partial charge in [0.15, 0.2) is 18.5 Å². The predicted molar refractivity (Wildman–Crippen MR) is 55.9 cm³/mol. The first-order valence-corrected chi connectivity index (χ1v) is 5.35. The van der Waals surface area contributed by atoms with Gasteiger partial charge in [0.2, 0.25) is 0 Å². The van der Waals surface area contributed by atoms with Gasteiger partial charge in [0.25, 0.3) is 0 Å². The largest absolute Gasteiger partial charge is 0.459 e. The Labute approximate surface area is 102 Å². The van der Waals surface area contributed by atoms with Gasteiger partial charge < -0.3 is 4.74 Å². The van der Waals surface area contributed by atoms with E-state index in [1.807, 2.05) is 0 Å². The summed E-state index contributed by atoms with van der Waals surface area (Å²) in [5.41, 5.74) is 0. The van der Waals surface area contributed by atoms with Gasteiger partial charge in [0.05, 0.1) is 6.67 Å². The molecule has 0 saturated heterocycles. The van der Waals surface area contributed by atoms with Gasteiger partial charge in [-0.2, -0.15) is 0 Å². The van der Waals surface area contributed by atoms with Crippen molar-refractivity contribution in [1.29, 1.82) is 0 Å². The monoisotopic (exact) mass is 274 g/mol. The number of carbonyl (C=O) groups excluding carboxylic acids is 1. The second-order valence-corrected chi connectivity index (χ2v) is 3.59. The van der Waals surface area contributed by atoms with E-state index >= 15 is 0 Å². The quantitative estimate of drug-likeness (QED) is 0.367. The molecule has 0 aromatic rings. The van der Waals surface area contributed by atoms with E-state index in [9.17, 15) is 26.7 Å². The van der Waals surface area contributed by atoms with Crippen LogP contribution in [0.15, 0.2) is 12.7 Å². The molecule has 7 heteroatoms. The van der Waals surface area contributed by atoms with Crippen LogP contribution in [0.2, 0.25) is 0 Å². The van der Waals surface area contributed by atoms with Gasteiger partial charge in [0, 0.05) is 6.08 Å². The third-order valence-corrected chi connectivity index (χ3v) is 2.16.